The van der Waals surface area contributed by atoms with Gasteiger partial charge in [-0.1, -0.05) is 18.2 Å². The molecule has 4 heteroatoms. The average molecular weight is 260 g/mol. The second-order valence-corrected chi connectivity index (χ2v) is 4.81. The van der Waals surface area contributed by atoms with Crippen LogP contribution >= 0.6 is 0 Å². The fourth-order valence-electron chi connectivity index (χ4n) is 2.35. The number of furan rings is 1. The molecule has 1 heterocycles. The molecular weight excluding hydrogens is 240 g/mol. The molecule has 0 aliphatic rings. The largest absolute Gasteiger partial charge is 0.459 e. The van der Waals surface area contributed by atoms with Crippen molar-refractivity contribution in [2.75, 3.05) is 7.05 Å². The molecule has 1 aromatic heterocycles. The Balaban J connectivity index is 2.24. The molecule has 4 nitrogen and oxygen atoms in total. The zero-order chi connectivity index (χ0) is 14.0. The number of likely N-dealkylation sites (N-methyl/N-ethyl adjacent to an activating group) is 1. The Bertz CT molecular complexity index is 589. The van der Waals surface area contributed by atoms with Gasteiger partial charge >= 0.3 is 0 Å². The summed E-state index contributed by atoms with van der Waals surface area (Å²) in [5.41, 5.74) is 2.01. The van der Waals surface area contributed by atoms with E-state index in [2.05, 4.69) is 10.6 Å². The van der Waals surface area contributed by atoms with Gasteiger partial charge in [0.25, 0.3) is 0 Å². The summed E-state index contributed by atoms with van der Waals surface area (Å²) >= 11 is 0. The smallest absolute Gasteiger partial charge is 0.236 e. The van der Waals surface area contributed by atoms with Crippen LogP contribution in [0.2, 0.25) is 0 Å². The van der Waals surface area contributed by atoms with E-state index in [-0.39, 0.29) is 18.0 Å². The van der Waals surface area contributed by atoms with Gasteiger partial charge in [-0.2, -0.15) is 0 Å². The number of amides is 1. The topological polar surface area (TPSA) is 54.3 Å². The van der Waals surface area contributed by atoms with E-state index in [9.17, 15) is 4.79 Å². The highest BCUT2D eigenvalue weighted by Crippen LogP contribution is 2.29. The second-order valence-electron chi connectivity index (χ2n) is 4.81. The van der Waals surface area contributed by atoms with Crippen LogP contribution in [0.1, 0.15) is 31.2 Å². The summed E-state index contributed by atoms with van der Waals surface area (Å²) in [6.45, 7) is 5.89. The van der Waals surface area contributed by atoms with E-state index in [0.29, 0.717) is 0 Å². The Labute approximate surface area is 113 Å². The first-order chi connectivity index (χ1) is 9.04. The first-order valence-corrected chi connectivity index (χ1v) is 6.50. The van der Waals surface area contributed by atoms with Crippen molar-refractivity contribution in [2.45, 2.75) is 32.9 Å². The minimum Gasteiger partial charge on any atom is -0.459 e. The predicted molar refractivity (Wildman–Crippen MR) is 76.0 cm³/mol. The van der Waals surface area contributed by atoms with Gasteiger partial charge in [-0.25, -0.2) is 0 Å². The third kappa shape index (κ3) is 2.63. The number of aryl methyl sites for hydroxylation is 1. The number of fused-ring (bicyclic) bond motifs is 1. The molecule has 2 N–H and O–H groups in total. The maximum absolute atomic E-state index is 11.5. The van der Waals surface area contributed by atoms with E-state index in [1.54, 1.807) is 7.05 Å². The first-order valence-electron chi connectivity index (χ1n) is 6.50. The van der Waals surface area contributed by atoms with Gasteiger partial charge in [0, 0.05) is 12.4 Å². The third-order valence-corrected chi connectivity index (χ3v) is 3.41. The van der Waals surface area contributed by atoms with Crippen LogP contribution in [-0.4, -0.2) is 19.0 Å². The lowest BCUT2D eigenvalue weighted by atomic mass is 10.1. The van der Waals surface area contributed by atoms with Crippen LogP contribution in [0.15, 0.2) is 28.7 Å². The zero-order valence-electron chi connectivity index (χ0n) is 11.8. The first kappa shape index (κ1) is 13.6. The monoisotopic (exact) mass is 260 g/mol. The van der Waals surface area contributed by atoms with Crippen LogP contribution in [0.4, 0.5) is 0 Å². The Hall–Kier alpha value is -1.81. The van der Waals surface area contributed by atoms with E-state index in [0.717, 1.165) is 22.3 Å². The summed E-state index contributed by atoms with van der Waals surface area (Å²) < 4.78 is 5.88. The molecule has 2 unspecified atom stereocenters. The molecule has 0 saturated carbocycles. The van der Waals surface area contributed by atoms with Gasteiger partial charge in [0.05, 0.1) is 12.1 Å². The van der Waals surface area contributed by atoms with Gasteiger partial charge in [0.1, 0.15) is 11.3 Å². The van der Waals surface area contributed by atoms with Gasteiger partial charge in [0.2, 0.25) is 5.91 Å². The van der Waals surface area contributed by atoms with Gasteiger partial charge in [-0.15, -0.1) is 0 Å². The Morgan fingerprint density at radius 1 is 1.26 bits per heavy atom. The maximum Gasteiger partial charge on any atom is 0.236 e. The lowest BCUT2D eigenvalue weighted by Gasteiger charge is -2.17. The van der Waals surface area contributed by atoms with Crippen LogP contribution in [0.3, 0.4) is 0 Å². The second kappa shape index (κ2) is 5.45. The molecule has 2 aromatic rings. The molecule has 0 spiro atoms. The SMILES string of the molecule is CNC(=O)C(C)NC(C)c1oc2ccccc2c1C. The minimum absolute atomic E-state index is 0.0142. The van der Waals surface area contributed by atoms with Crippen LogP contribution in [-0.2, 0) is 4.79 Å². The molecule has 0 fully saturated rings. The standard InChI is InChI=1S/C15H20N2O2/c1-9-12-7-5-6-8-13(12)19-14(9)10(2)17-11(3)15(18)16-4/h5-8,10-11,17H,1-4H3,(H,16,18). The lowest BCUT2D eigenvalue weighted by Crippen LogP contribution is -2.41. The molecule has 1 aromatic carbocycles. The number of hydrogen-bond acceptors (Lipinski definition) is 3. The van der Waals surface area contributed by atoms with Crippen molar-refractivity contribution in [3.63, 3.8) is 0 Å². The molecule has 2 rings (SSSR count). The van der Waals surface area contributed by atoms with Gasteiger partial charge in [-0.3, -0.25) is 10.1 Å². The number of rotatable bonds is 4. The molecule has 0 saturated heterocycles. The molecule has 2 atom stereocenters. The average Bonchev–Trinajstić information content (AvgIpc) is 2.75. The number of carbonyl (C=O) groups excluding carboxylic acids is 1. The van der Waals surface area contributed by atoms with E-state index >= 15 is 0 Å². The molecule has 0 aliphatic heterocycles. The van der Waals surface area contributed by atoms with E-state index in [1.807, 2.05) is 45.0 Å². The molecule has 0 bridgehead atoms. The van der Waals surface area contributed by atoms with E-state index in [4.69, 9.17) is 4.42 Å². The highest BCUT2D eigenvalue weighted by Gasteiger charge is 2.20. The van der Waals surface area contributed by atoms with Crippen molar-refractivity contribution >= 4 is 16.9 Å². The molecular formula is C15H20N2O2. The number of carbonyl (C=O) groups is 1. The zero-order valence-corrected chi connectivity index (χ0v) is 11.8. The van der Waals surface area contributed by atoms with Crippen LogP contribution in [0.5, 0.6) is 0 Å². The van der Waals surface area contributed by atoms with Crippen LogP contribution < -0.4 is 10.6 Å². The van der Waals surface area contributed by atoms with Crippen molar-refractivity contribution in [1.29, 1.82) is 0 Å². The van der Waals surface area contributed by atoms with Crippen LogP contribution in [0, 0.1) is 6.92 Å². The number of hydrogen-bond donors (Lipinski definition) is 2. The molecule has 0 radical (unpaired) electrons. The Kier molecular flexibility index (Phi) is 3.90. The highest BCUT2D eigenvalue weighted by atomic mass is 16.3. The number of nitrogens with one attached hydrogen (secondary N) is 2. The van der Waals surface area contributed by atoms with E-state index < -0.39 is 0 Å². The fourth-order valence-corrected chi connectivity index (χ4v) is 2.35. The number of benzene rings is 1. The Morgan fingerprint density at radius 2 is 1.95 bits per heavy atom. The normalized spacial score (nSPS) is 14.3. The van der Waals surface area contributed by atoms with Crippen molar-refractivity contribution in [2.24, 2.45) is 0 Å². The lowest BCUT2D eigenvalue weighted by molar-refractivity contribution is -0.122. The van der Waals surface area contributed by atoms with Gasteiger partial charge in [0.15, 0.2) is 0 Å². The van der Waals surface area contributed by atoms with Crippen LogP contribution in [0.25, 0.3) is 11.0 Å². The highest BCUT2D eigenvalue weighted by molar-refractivity contribution is 5.82. The summed E-state index contributed by atoms with van der Waals surface area (Å²) in [4.78, 5) is 11.5. The predicted octanol–water partition coefficient (Wildman–Crippen LogP) is 2.53. The molecule has 19 heavy (non-hydrogen) atoms. The Morgan fingerprint density at radius 3 is 2.58 bits per heavy atom. The summed E-state index contributed by atoms with van der Waals surface area (Å²) in [6, 6.07) is 7.69. The maximum atomic E-state index is 11.5. The third-order valence-electron chi connectivity index (χ3n) is 3.41. The van der Waals surface area contributed by atoms with Crippen molar-refractivity contribution in [3.8, 4) is 0 Å². The van der Waals surface area contributed by atoms with Crippen molar-refractivity contribution < 1.29 is 9.21 Å². The van der Waals surface area contributed by atoms with Gasteiger partial charge in [-0.05, 0) is 32.4 Å². The summed E-state index contributed by atoms with van der Waals surface area (Å²) in [7, 11) is 1.64. The minimum atomic E-state index is -0.257. The molecule has 1 amide bonds. The molecule has 102 valence electrons. The van der Waals surface area contributed by atoms with Crippen molar-refractivity contribution in [3.05, 3.63) is 35.6 Å². The quantitative estimate of drug-likeness (QED) is 0.888. The fraction of sp³-hybridized carbons (Fsp3) is 0.400. The van der Waals surface area contributed by atoms with Crippen molar-refractivity contribution in [1.82, 2.24) is 10.6 Å². The summed E-state index contributed by atoms with van der Waals surface area (Å²) in [5.74, 6) is 0.859. The molecule has 0 aliphatic carbocycles. The van der Waals surface area contributed by atoms with E-state index in [1.165, 1.54) is 0 Å². The number of para-hydroxylation sites is 1. The summed E-state index contributed by atoms with van der Waals surface area (Å²) in [6.07, 6.45) is 0. The summed E-state index contributed by atoms with van der Waals surface area (Å²) in [5, 5.41) is 7.00. The van der Waals surface area contributed by atoms with Gasteiger partial charge < -0.3 is 9.73 Å².